The third-order valence-corrected chi connectivity index (χ3v) is 6.44. The zero-order chi connectivity index (χ0) is 21.4. The molecule has 6 nitrogen and oxygen atoms in total. The molecular formula is C22H26N4O2S2. The lowest BCUT2D eigenvalue weighted by Gasteiger charge is -2.11. The molecule has 0 bridgehead atoms. The summed E-state index contributed by atoms with van der Waals surface area (Å²) in [5, 5.41) is 9.60. The molecule has 0 atom stereocenters. The molecule has 1 aromatic heterocycles. The van der Waals surface area contributed by atoms with Gasteiger partial charge in [0.05, 0.1) is 17.1 Å². The van der Waals surface area contributed by atoms with E-state index >= 15 is 0 Å². The molecule has 30 heavy (non-hydrogen) atoms. The molecule has 3 rings (SSSR count). The predicted molar refractivity (Wildman–Crippen MR) is 124 cm³/mol. The number of guanidine groups is 1. The maximum Gasteiger partial charge on any atom is 0.191 e. The van der Waals surface area contributed by atoms with Gasteiger partial charge in [0.25, 0.3) is 0 Å². The van der Waals surface area contributed by atoms with Crippen LogP contribution in [0.3, 0.4) is 0 Å². The molecule has 0 unspecified atom stereocenters. The number of benzene rings is 2. The average Bonchev–Trinajstić information content (AvgIpc) is 3.21. The summed E-state index contributed by atoms with van der Waals surface area (Å²) in [7, 11) is -3.16. The van der Waals surface area contributed by atoms with E-state index in [0.29, 0.717) is 18.0 Å². The summed E-state index contributed by atoms with van der Waals surface area (Å²) in [6.45, 7) is 3.98. The van der Waals surface area contributed by atoms with E-state index < -0.39 is 9.84 Å². The van der Waals surface area contributed by atoms with Gasteiger partial charge in [-0.05, 0) is 31.0 Å². The first-order valence-electron chi connectivity index (χ1n) is 9.76. The molecule has 8 heteroatoms. The van der Waals surface area contributed by atoms with E-state index in [-0.39, 0.29) is 0 Å². The number of sulfone groups is 1. The van der Waals surface area contributed by atoms with Crippen LogP contribution in [0.5, 0.6) is 0 Å². The van der Waals surface area contributed by atoms with Crippen molar-refractivity contribution in [3.8, 4) is 10.6 Å². The molecule has 0 aliphatic rings. The smallest absolute Gasteiger partial charge is 0.191 e. The van der Waals surface area contributed by atoms with Crippen LogP contribution in [0.2, 0.25) is 0 Å². The van der Waals surface area contributed by atoms with Crippen LogP contribution in [0.1, 0.15) is 18.2 Å². The number of rotatable bonds is 8. The van der Waals surface area contributed by atoms with Crippen molar-refractivity contribution in [3.05, 3.63) is 71.2 Å². The SMILES string of the molecule is CCNC(=NCc1csc(-c2ccccc2)n1)NCCc1ccc(S(C)(=O)=O)cc1. The van der Waals surface area contributed by atoms with Crippen LogP contribution in [0.4, 0.5) is 0 Å². The minimum Gasteiger partial charge on any atom is -0.357 e. The summed E-state index contributed by atoms with van der Waals surface area (Å²) < 4.78 is 23.1. The highest BCUT2D eigenvalue weighted by atomic mass is 32.2. The lowest BCUT2D eigenvalue weighted by Crippen LogP contribution is -2.38. The van der Waals surface area contributed by atoms with E-state index in [1.54, 1.807) is 23.5 Å². The topological polar surface area (TPSA) is 83.4 Å². The maximum absolute atomic E-state index is 11.5. The van der Waals surface area contributed by atoms with Gasteiger partial charge < -0.3 is 10.6 Å². The fourth-order valence-electron chi connectivity index (χ4n) is 2.82. The van der Waals surface area contributed by atoms with Gasteiger partial charge in [-0.3, -0.25) is 0 Å². The van der Waals surface area contributed by atoms with E-state index in [0.717, 1.165) is 40.8 Å². The van der Waals surface area contributed by atoms with Crippen LogP contribution in [0.15, 0.2) is 69.9 Å². The Morgan fingerprint density at radius 1 is 1.07 bits per heavy atom. The largest absolute Gasteiger partial charge is 0.357 e. The molecule has 1 heterocycles. The predicted octanol–water partition coefficient (Wildman–Crippen LogP) is 3.51. The average molecular weight is 443 g/mol. The molecule has 0 fully saturated rings. The monoisotopic (exact) mass is 442 g/mol. The third-order valence-electron chi connectivity index (χ3n) is 4.37. The van der Waals surface area contributed by atoms with Crippen molar-refractivity contribution >= 4 is 27.1 Å². The Kier molecular flexibility index (Phi) is 7.59. The molecular weight excluding hydrogens is 416 g/mol. The van der Waals surface area contributed by atoms with Crippen LogP contribution in [0, 0.1) is 0 Å². The molecule has 0 saturated heterocycles. The number of hydrogen-bond acceptors (Lipinski definition) is 5. The molecule has 2 aromatic carbocycles. The Bertz CT molecular complexity index is 1080. The Labute approximate surface area is 182 Å². The van der Waals surface area contributed by atoms with E-state index in [1.165, 1.54) is 6.26 Å². The zero-order valence-electron chi connectivity index (χ0n) is 17.1. The van der Waals surface area contributed by atoms with Crippen LogP contribution in [0.25, 0.3) is 10.6 Å². The lowest BCUT2D eigenvalue weighted by atomic mass is 10.1. The van der Waals surface area contributed by atoms with Crippen LogP contribution in [-0.4, -0.2) is 38.7 Å². The number of hydrogen-bond donors (Lipinski definition) is 2. The first-order chi connectivity index (χ1) is 14.5. The molecule has 0 aliphatic heterocycles. The number of aromatic nitrogens is 1. The quantitative estimate of drug-likeness (QED) is 0.412. The second-order valence-corrected chi connectivity index (χ2v) is 9.67. The van der Waals surface area contributed by atoms with Gasteiger partial charge >= 0.3 is 0 Å². The van der Waals surface area contributed by atoms with Gasteiger partial charge in [0.15, 0.2) is 15.8 Å². The number of nitrogens with zero attached hydrogens (tertiary/aromatic N) is 2. The summed E-state index contributed by atoms with van der Waals surface area (Å²) in [5.41, 5.74) is 3.12. The van der Waals surface area contributed by atoms with Gasteiger partial charge in [-0.15, -0.1) is 11.3 Å². The summed E-state index contributed by atoms with van der Waals surface area (Å²) in [6.07, 6.45) is 1.98. The van der Waals surface area contributed by atoms with Crippen molar-refractivity contribution in [1.82, 2.24) is 15.6 Å². The molecule has 0 radical (unpaired) electrons. The highest BCUT2D eigenvalue weighted by Gasteiger charge is 2.07. The normalized spacial score (nSPS) is 12.0. The molecule has 3 aromatic rings. The second kappa shape index (κ2) is 10.4. The highest BCUT2D eigenvalue weighted by Crippen LogP contribution is 2.23. The number of thiazole rings is 1. The summed E-state index contributed by atoms with van der Waals surface area (Å²) >= 11 is 1.62. The van der Waals surface area contributed by atoms with Gasteiger partial charge in [0.1, 0.15) is 5.01 Å². The Hall–Kier alpha value is -2.71. The van der Waals surface area contributed by atoms with Crippen LogP contribution < -0.4 is 10.6 Å². The van der Waals surface area contributed by atoms with E-state index in [2.05, 4.69) is 32.7 Å². The highest BCUT2D eigenvalue weighted by molar-refractivity contribution is 7.90. The Morgan fingerprint density at radius 3 is 2.47 bits per heavy atom. The van der Waals surface area contributed by atoms with Gasteiger partial charge in [-0.2, -0.15) is 0 Å². The number of nitrogens with one attached hydrogen (secondary N) is 2. The molecule has 158 valence electrons. The van der Waals surface area contributed by atoms with Gasteiger partial charge in [0, 0.05) is 30.3 Å². The fourth-order valence-corrected chi connectivity index (χ4v) is 4.27. The third kappa shape index (κ3) is 6.40. The van der Waals surface area contributed by atoms with Gasteiger partial charge in [-0.1, -0.05) is 42.5 Å². The van der Waals surface area contributed by atoms with Gasteiger partial charge in [-0.25, -0.2) is 18.4 Å². The first-order valence-corrected chi connectivity index (χ1v) is 12.5. The standard InChI is InChI=1S/C22H26N4O2S2/c1-3-23-22(24-14-13-17-9-11-20(12-10-17)30(2,27)28)25-15-19-16-29-21(26-19)18-7-5-4-6-8-18/h4-12,16H,3,13-15H2,1-2H3,(H2,23,24,25). The summed E-state index contributed by atoms with van der Waals surface area (Å²) in [6, 6.07) is 17.1. The molecule has 0 aliphatic carbocycles. The van der Waals surface area contributed by atoms with E-state index in [1.807, 2.05) is 42.6 Å². The molecule has 0 amide bonds. The molecule has 0 spiro atoms. The van der Waals surface area contributed by atoms with Crippen LogP contribution >= 0.6 is 11.3 Å². The molecule has 2 N–H and O–H groups in total. The van der Waals surface area contributed by atoms with Crippen molar-refractivity contribution < 1.29 is 8.42 Å². The van der Waals surface area contributed by atoms with Crippen molar-refractivity contribution in [1.29, 1.82) is 0 Å². The second-order valence-electron chi connectivity index (χ2n) is 6.80. The Morgan fingerprint density at radius 2 is 1.80 bits per heavy atom. The zero-order valence-corrected chi connectivity index (χ0v) is 18.8. The fraction of sp³-hybridized carbons (Fsp3) is 0.273. The summed E-state index contributed by atoms with van der Waals surface area (Å²) in [5.74, 6) is 0.736. The van der Waals surface area contributed by atoms with E-state index in [9.17, 15) is 8.42 Å². The van der Waals surface area contributed by atoms with Gasteiger partial charge in [0.2, 0.25) is 0 Å². The maximum atomic E-state index is 11.5. The molecule has 0 saturated carbocycles. The number of aliphatic imine (C=N–C) groups is 1. The van der Waals surface area contributed by atoms with Crippen LogP contribution in [-0.2, 0) is 22.8 Å². The minimum atomic E-state index is -3.16. The Balaban J connectivity index is 1.55. The van der Waals surface area contributed by atoms with Crippen molar-refractivity contribution in [3.63, 3.8) is 0 Å². The first kappa shape index (κ1) is 22.0. The lowest BCUT2D eigenvalue weighted by molar-refractivity contribution is 0.602. The minimum absolute atomic E-state index is 0.340. The van der Waals surface area contributed by atoms with Crippen molar-refractivity contribution in [2.75, 3.05) is 19.3 Å². The van der Waals surface area contributed by atoms with Crippen molar-refractivity contribution in [2.45, 2.75) is 24.8 Å². The summed E-state index contributed by atoms with van der Waals surface area (Å²) in [4.78, 5) is 9.64. The van der Waals surface area contributed by atoms with Crippen molar-refractivity contribution in [2.24, 2.45) is 4.99 Å². The van der Waals surface area contributed by atoms with E-state index in [4.69, 9.17) is 0 Å².